The summed E-state index contributed by atoms with van der Waals surface area (Å²) in [5.41, 5.74) is 1.99. The van der Waals surface area contributed by atoms with Crippen molar-refractivity contribution in [2.24, 2.45) is 0 Å². The first-order valence-electron chi connectivity index (χ1n) is 9.38. The van der Waals surface area contributed by atoms with E-state index in [1.54, 1.807) is 48.5 Å². The largest absolute Gasteiger partial charge is 0.482 e. The van der Waals surface area contributed by atoms with Crippen LogP contribution in [-0.2, 0) is 19.1 Å². The van der Waals surface area contributed by atoms with E-state index in [2.05, 4.69) is 10.1 Å². The quantitative estimate of drug-likeness (QED) is 0.480. The van der Waals surface area contributed by atoms with Crippen LogP contribution in [0.2, 0.25) is 5.02 Å². The Balaban J connectivity index is 1.62. The molecule has 1 fully saturated rings. The minimum absolute atomic E-state index is 0.199. The molecule has 2 aromatic carbocycles. The van der Waals surface area contributed by atoms with Crippen LogP contribution in [0.1, 0.15) is 11.1 Å². The number of carbonyl (C=O) groups excluding carboxylic acids is 4. The average molecular weight is 475 g/mol. The van der Waals surface area contributed by atoms with E-state index < -0.39 is 29.6 Å². The van der Waals surface area contributed by atoms with Crippen LogP contribution in [0.15, 0.2) is 47.4 Å². The van der Waals surface area contributed by atoms with Gasteiger partial charge in [0.15, 0.2) is 6.61 Å². The maximum absolute atomic E-state index is 12.6. The lowest BCUT2D eigenvalue weighted by Crippen LogP contribution is -2.36. The molecule has 0 atom stereocenters. The number of aryl methyl sites for hydroxylation is 1. The predicted octanol–water partition coefficient (Wildman–Crippen LogP) is 3.88. The molecule has 0 bridgehead atoms. The number of rotatable bonds is 7. The highest BCUT2D eigenvalue weighted by Crippen LogP contribution is 2.32. The first-order chi connectivity index (χ1) is 15.3. The number of halogens is 1. The van der Waals surface area contributed by atoms with Crippen LogP contribution in [0.4, 0.5) is 10.5 Å². The van der Waals surface area contributed by atoms with Crippen molar-refractivity contribution in [1.29, 1.82) is 0 Å². The Hall–Kier alpha value is -3.30. The lowest BCUT2D eigenvalue weighted by Gasteiger charge is -2.13. The number of nitrogens with zero attached hydrogens (tertiary/aromatic N) is 1. The van der Waals surface area contributed by atoms with Gasteiger partial charge in [0.1, 0.15) is 12.3 Å². The summed E-state index contributed by atoms with van der Waals surface area (Å²) in [4.78, 5) is 49.4. The number of methoxy groups -OCH3 is 1. The van der Waals surface area contributed by atoms with E-state index in [1.807, 2.05) is 6.92 Å². The van der Waals surface area contributed by atoms with Gasteiger partial charge in [-0.25, -0.2) is 4.79 Å². The molecule has 0 radical (unpaired) electrons. The molecular formula is C22H19ClN2O6S. The van der Waals surface area contributed by atoms with Crippen LogP contribution in [0, 0.1) is 6.92 Å². The number of anilines is 1. The van der Waals surface area contributed by atoms with E-state index in [-0.39, 0.29) is 11.5 Å². The smallest absolute Gasteiger partial charge is 0.343 e. The van der Waals surface area contributed by atoms with Crippen LogP contribution < -0.4 is 10.1 Å². The Morgan fingerprint density at radius 3 is 2.53 bits per heavy atom. The number of esters is 1. The van der Waals surface area contributed by atoms with E-state index in [9.17, 15) is 19.2 Å². The molecule has 10 heteroatoms. The van der Waals surface area contributed by atoms with Crippen molar-refractivity contribution >= 4 is 58.1 Å². The maximum atomic E-state index is 12.6. The van der Waals surface area contributed by atoms with Crippen molar-refractivity contribution in [2.75, 3.05) is 25.6 Å². The van der Waals surface area contributed by atoms with Gasteiger partial charge in [0.25, 0.3) is 11.1 Å². The summed E-state index contributed by atoms with van der Waals surface area (Å²) in [6.45, 7) is 1.21. The minimum Gasteiger partial charge on any atom is -0.482 e. The number of nitrogens with one attached hydrogen (secondary N) is 1. The van der Waals surface area contributed by atoms with E-state index in [1.165, 1.54) is 7.11 Å². The lowest BCUT2D eigenvalue weighted by atomic mass is 10.2. The summed E-state index contributed by atoms with van der Waals surface area (Å²) in [5.74, 6) is -1.12. The zero-order valence-corrected chi connectivity index (χ0v) is 18.8. The average Bonchev–Trinajstić information content (AvgIpc) is 3.02. The third-order valence-electron chi connectivity index (χ3n) is 4.39. The van der Waals surface area contributed by atoms with Gasteiger partial charge in [-0.2, -0.15) is 0 Å². The number of imide groups is 1. The van der Waals surface area contributed by atoms with Gasteiger partial charge in [-0.05, 0) is 60.2 Å². The first-order valence-corrected chi connectivity index (χ1v) is 10.6. The van der Waals surface area contributed by atoms with Crippen molar-refractivity contribution in [3.8, 4) is 5.75 Å². The second-order valence-corrected chi connectivity index (χ2v) is 8.11. The van der Waals surface area contributed by atoms with Crippen molar-refractivity contribution in [3.63, 3.8) is 0 Å². The van der Waals surface area contributed by atoms with Crippen molar-refractivity contribution in [3.05, 3.63) is 63.5 Å². The Kier molecular flexibility index (Phi) is 7.55. The summed E-state index contributed by atoms with van der Waals surface area (Å²) in [5, 5.41) is 2.60. The SMILES string of the molecule is COC(=O)COc1ccc(/C=C2\SC(=O)N(CC(=O)Nc3ccc(C)c(Cl)c3)C2=O)cc1. The van der Waals surface area contributed by atoms with Crippen LogP contribution >= 0.6 is 23.4 Å². The van der Waals surface area contributed by atoms with E-state index in [4.69, 9.17) is 16.3 Å². The van der Waals surface area contributed by atoms with Crippen LogP contribution in [0.5, 0.6) is 5.75 Å². The summed E-state index contributed by atoms with van der Waals surface area (Å²) >= 11 is 6.80. The zero-order chi connectivity index (χ0) is 23.3. The molecule has 3 rings (SSSR count). The molecule has 2 aromatic rings. The number of ether oxygens (including phenoxy) is 2. The van der Waals surface area contributed by atoms with E-state index in [0.717, 1.165) is 22.2 Å². The summed E-state index contributed by atoms with van der Waals surface area (Å²) in [7, 11) is 1.27. The fourth-order valence-electron chi connectivity index (χ4n) is 2.66. The molecule has 0 aromatic heterocycles. The molecule has 166 valence electrons. The maximum Gasteiger partial charge on any atom is 0.343 e. The second kappa shape index (κ2) is 10.3. The molecule has 0 saturated carbocycles. The van der Waals surface area contributed by atoms with Gasteiger partial charge in [-0.15, -0.1) is 0 Å². The van der Waals surface area contributed by atoms with Crippen molar-refractivity contribution in [2.45, 2.75) is 6.92 Å². The highest BCUT2D eigenvalue weighted by atomic mass is 35.5. The number of benzene rings is 2. The molecule has 0 aliphatic carbocycles. The number of thioether (sulfide) groups is 1. The van der Waals surface area contributed by atoms with Crippen molar-refractivity contribution < 1.29 is 28.7 Å². The summed E-state index contributed by atoms with van der Waals surface area (Å²) in [6.07, 6.45) is 1.55. The molecular weight excluding hydrogens is 456 g/mol. The van der Waals surface area contributed by atoms with Gasteiger partial charge in [-0.3, -0.25) is 19.3 Å². The Morgan fingerprint density at radius 2 is 1.88 bits per heavy atom. The number of carbonyl (C=O) groups is 4. The van der Waals surface area contributed by atoms with Gasteiger partial charge in [-0.1, -0.05) is 29.8 Å². The third kappa shape index (κ3) is 5.89. The minimum atomic E-state index is -0.553. The Bertz CT molecular complexity index is 1100. The van der Waals surface area contributed by atoms with Gasteiger partial charge in [0, 0.05) is 10.7 Å². The zero-order valence-electron chi connectivity index (χ0n) is 17.2. The second-order valence-electron chi connectivity index (χ2n) is 6.71. The molecule has 8 nitrogen and oxygen atoms in total. The lowest BCUT2D eigenvalue weighted by molar-refractivity contribution is -0.142. The van der Waals surface area contributed by atoms with Gasteiger partial charge >= 0.3 is 5.97 Å². The number of hydrogen-bond donors (Lipinski definition) is 1. The number of hydrogen-bond acceptors (Lipinski definition) is 7. The Morgan fingerprint density at radius 1 is 1.16 bits per heavy atom. The summed E-state index contributed by atoms with van der Waals surface area (Å²) < 4.78 is 9.77. The Labute approximate surface area is 193 Å². The molecule has 1 saturated heterocycles. The molecule has 3 amide bonds. The normalized spacial score (nSPS) is 14.6. The predicted molar refractivity (Wildman–Crippen MR) is 121 cm³/mol. The molecule has 0 spiro atoms. The summed E-state index contributed by atoms with van der Waals surface area (Å²) in [6, 6.07) is 11.6. The van der Waals surface area contributed by atoms with E-state index >= 15 is 0 Å². The highest BCUT2D eigenvalue weighted by molar-refractivity contribution is 8.18. The standard InChI is InChI=1S/C22H19ClN2O6S/c1-13-3-6-15(10-17(13)23)24-19(26)11-25-21(28)18(32-22(25)29)9-14-4-7-16(8-5-14)31-12-20(27)30-2/h3-10H,11-12H2,1-2H3,(H,24,26)/b18-9-. The topological polar surface area (TPSA) is 102 Å². The van der Waals surface area contributed by atoms with Crippen LogP contribution in [0.25, 0.3) is 6.08 Å². The van der Waals surface area contributed by atoms with Gasteiger partial charge < -0.3 is 14.8 Å². The van der Waals surface area contributed by atoms with Crippen LogP contribution in [-0.4, -0.2) is 48.2 Å². The molecule has 1 aliphatic rings. The first kappa shape index (κ1) is 23.4. The fraction of sp³-hybridized carbons (Fsp3) is 0.182. The molecule has 1 N–H and O–H groups in total. The molecule has 1 heterocycles. The van der Waals surface area contributed by atoms with E-state index in [0.29, 0.717) is 22.0 Å². The van der Waals surface area contributed by atoms with Crippen LogP contribution in [0.3, 0.4) is 0 Å². The molecule has 32 heavy (non-hydrogen) atoms. The number of amides is 3. The molecule has 0 unspecified atom stereocenters. The van der Waals surface area contributed by atoms with Gasteiger partial charge in [0.2, 0.25) is 5.91 Å². The fourth-order valence-corrected chi connectivity index (χ4v) is 3.68. The monoisotopic (exact) mass is 474 g/mol. The third-order valence-corrected chi connectivity index (χ3v) is 5.71. The van der Waals surface area contributed by atoms with Crippen molar-refractivity contribution in [1.82, 2.24) is 4.90 Å². The highest BCUT2D eigenvalue weighted by Gasteiger charge is 2.36. The van der Waals surface area contributed by atoms with Gasteiger partial charge in [0.05, 0.1) is 12.0 Å². The molecule has 1 aliphatic heterocycles.